The number of thiazole rings is 1. The number of hydrogen-bond acceptors (Lipinski definition) is 5. The van der Waals surface area contributed by atoms with E-state index in [2.05, 4.69) is 4.98 Å². The lowest BCUT2D eigenvalue weighted by Gasteiger charge is -2.21. The van der Waals surface area contributed by atoms with E-state index in [0.29, 0.717) is 33.8 Å². The molecule has 1 saturated heterocycles. The SMILES string of the molecule is O=C(c1csc(N(C(=O)c2ccc(Cl)cc2Cl)c2ccc(Cl)cc2)n1)N1CC[C@H](O)C1. The standard InChI is InChI=1S/C21H16Cl3N3O3S/c22-12-1-4-14(5-2-12)27(19(29)16-6-3-13(23)9-17(16)24)21-25-18(11-31-21)20(30)26-8-7-15(28)10-26/h1-6,9,11,15,28H,7-8,10H2/t15-/m0/s1. The Morgan fingerprint density at radius 2 is 1.81 bits per heavy atom. The van der Waals surface area contributed by atoms with Crippen molar-refractivity contribution < 1.29 is 14.7 Å². The zero-order valence-electron chi connectivity index (χ0n) is 16.0. The lowest BCUT2D eigenvalue weighted by atomic mass is 10.2. The molecule has 2 aromatic carbocycles. The summed E-state index contributed by atoms with van der Waals surface area (Å²) in [5, 5.41) is 12.7. The summed E-state index contributed by atoms with van der Waals surface area (Å²) in [5.41, 5.74) is 0.972. The van der Waals surface area contributed by atoms with Crippen molar-refractivity contribution >= 4 is 68.8 Å². The molecule has 3 aromatic rings. The molecule has 1 aromatic heterocycles. The molecule has 2 amide bonds. The monoisotopic (exact) mass is 495 g/mol. The maximum Gasteiger partial charge on any atom is 0.273 e. The van der Waals surface area contributed by atoms with Crippen LogP contribution in [0.3, 0.4) is 0 Å². The van der Waals surface area contributed by atoms with Crippen LogP contribution < -0.4 is 4.90 Å². The molecule has 1 aliphatic rings. The summed E-state index contributed by atoms with van der Waals surface area (Å²) >= 11 is 19.4. The number of β-amino-alcohol motifs (C(OH)–C–C–N with tert-alkyl or cyclic N) is 1. The minimum absolute atomic E-state index is 0.204. The third-order valence-electron chi connectivity index (χ3n) is 4.80. The number of likely N-dealkylation sites (tertiary alicyclic amines) is 1. The number of rotatable bonds is 4. The Bertz CT molecular complexity index is 1140. The number of amides is 2. The number of aliphatic hydroxyl groups excluding tert-OH is 1. The molecule has 10 heteroatoms. The normalized spacial score (nSPS) is 15.9. The van der Waals surface area contributed by atoms with Crippen molar-refractivity contribution in [2.45, 2.75) is 12.5 Å². The van der Waals surface area contributed by atoms with Gasteiger partial charge in [0.2, 0.25) is 0 Å². The Morgan fingerprint density at radius 1 is 1.10 bits per heavy atom. The molecule has 0 saturated carbocycles. The highest BCUT2D eigenvalue weighted by molar-refractivity contribution is 7.14. The van der Waals surface area contributed by atoms with E-state index in [4.69, 9.17) is 34.8 Å². The van der Waals surface area contributed by atoms with Crippen molar-refractivity contribution in [2.24, 2.45) is 0 Å². The van der Waals surface area contributed by atoms with Crippen molar-refractivity contribution in [3.8, 4) is 0 Å². The van der Waals surface area contributed by atoms with Gasteiger partial charge in [-0.05, 0) is 48.9 Å². The van der Waals surface area contributed by atoms with Crippen LogP contribution in [-0.4, -0.2) is 46.0 Å². The Labute approximate surface area is 197 Å². The van der Waals surface area contributed by atoms with E-state index in [1.54, 1.807) is 46.7 Å². The van der Waals surface area contributed by atoms with Gasteiger partial charge >= 0.3 is 0 Å². The van der Waals surface area contributed by atoms with Gasteiger partial charge in [-0.15, -0.1) is 11.3 Å². The summed E-state index contributed by atoms with van der Waals surface area (Å²) in [6.45, 7) is 0.735. The average molecular weight is 497 g/mol. The van der Waals surface area contributed by atoms with Crippen molar-refractivity contribution in [3.63, 3.8) is 0 Å². The van der Waals surface area contributed by atoms with Gasteiger partial charge in [-0.25, -0.2) is 4.98 Å². The smallest absolute Gasteiger partial charge is 0.273 e. The summed E-state index contributed by atoms with van der Waals surface area (Å²) in [7, 11) is 0. The number of nitrogens with zero attached hydrogens (tertiary/aromatic N) is 3. The molecule has 6 nitrogen and oxygen atoms in total. The molecular formula is C21H16Cl3N3O3S. The van der Waals surface area contributed by atoms with Gasteiger partial charge in [-0.2, -0.15) is 0 Å². The number of anilines is 2. The summed E-state index contributed by atoms with van der Waals surface area (Å²) in [5.74, 6) is -0.707. The number of carbonyl (C=O) groups is 2. The van der Waals surface area contributed by atoms with E-state index in [0.717, 1.165) is 11.3 Å². The van der Waals surface area contributed by atoms with E-state index in [-0.39, 0.29) is 28.7 Å². The molecule has 0 radical (unpaired) electrons. The Morgan fingerprint density at radius 3 is 2.45 bits per heavy atom. The van der Waals surface area contributed by atoms with E-state index in [9.17, 15) is 14.7 Å². The van der Waals surface area contributed by atoms with E-state index in [1.165, 1.54) is 11.0 Å². The topological polar surface area (TPSA) is 73.7 Å². The minimum Gasteiger partial charge on any atom is -0.391 e. The maximum atomic E-state index is 13.4. The molecule has 1 aliphatic heterocycles. The molecule has 31 heavy (non-hydrogen) atoms. The number of benzene rings is 2. The quantitative estimate of drug-likeness (QED) is 0.533. The predicted molar refractivity (Wildman–Crippen MR) is 123 cm³/mol. The van der Waals surface area contributed by atoms with Crippen LogP contribution in [0.15, 0.2) is 47.8 Å². The Hall–Kier alpha value is -2.16. The molecule has 0 unspecified atom stereocenters. The highest BCUT2D eigenvalue weighted by Gasteiger charge is 2.29. The summed E-state index contributed by atoms with van der Waals surface area (Å²) in [4.78, 5) is 33.5. The first-order valence-electron chi connectivity index (χ1n) is 9.31. The highest BCUT2D eigenvalue weighted by Crippen LogP contribution is 2.33. The van der Waals surface area contributed by atoms with Crippen LogP contribution in [0.2, 0.25) is 15.1 Å². The third kappa shape index (κ3) is 4.71. The van der Waals surface area contributed by atoms with Crippen LogP contribution in [0, 0.1) is 0 Å². The van der Waals surface area contributed by atoms with Crippen molar-refractivity contribution in [1.82, 2.24) is 9.88 Å². The van der Waals surface area contributed by atoms with Gasteiger partial charge in [0.25, 0.3) is 11.8 Å². The van der Waals surface area contributed by atoms with Crippen LogP contribution in [0.5, 0.6) is 0 Å². The third-order valence-corrected chi connectivity index (χ3v) is 6.43. The van der Waals surface area contributed by atoms with Crippen LogP contribution in [-0.2, 0) is 0 Å². The molecule has 0 bridgehead atoms. The predicted octanol–water partition coefficient (Wildman–Crippen LogP) is 5.29. The maximum absolute atomic E-state index is 13.4. The van der Waals surface area contributed by atoms with Crippen LogP contribution in [0.1, 0.15) is 27.3 Å². The van der Waals surface area contributed by atoms with Gasteiger partial charge in [-0.3, -0.25) is 14.5 Å². The van der Waals surface area contributed by atoms with Crippen LogP contribution >= 0.6 is 46.1 Å². The zero-order valence-corrected chi connectivity index (χ0v) is 19.0. The molecule has 4 rings (SSSR count). The lowest BCUT2D eigenvalue weighted by molar-refractivity contribution is 0.0759. The fourth-order valence-corrected chi connectivity index (χ4v) is 4.67. The first-order valence-corrected chi connectivity index (χ1v) is 11.3. The van der Waals surface area contributed by atoms with E-state index < -0.39 is 12.0 Å². The molecule has 160 valence electrons. The second-order valence-electron chi connectivity index (χ2n) is 6.95. The second-order valence-corrected chi connectivity index (χ2v) is 9.07. The summed E-state index contributed by atoms with van der Waals surface area (Å²) < 4.78 is 0. The first-order chi connectivity index (χ1) is 14.8. The molecule has 0 aliphatic carbocycles. The van der Waals surface area contributed by atoms with Crippen molar-refractivity contribution in [3.05, 3.63) is 74.2 Å². The largest absolute Gasteiger partial charge is 0.391 e. The van der Waals surface area contributed by atoms with Crippen molar-refractivity contribution in [2.75, 3.05) is 18.0 Å². The number of carbonyl (C=O) groups excluding carboxylic acids is 2. The van der Waals surface area contributed by atoms with E-state index >= 15 is 0 Å². The Balaban J connectivity index is 1.71. The number of hydrogen-bond donors (Lipinski definition) is 1. The molecule has 1 fully saturated rings. The van der Waals surface area contributed by atoms with Crippen LogP contribution in [0.25, 0.3) is 0 Å². The fraction of sp³-hybridized carbons (Fsp3) is 0.190. The summed E-state index contributed by atoms with van der Waals surface area (Å²) in [6.07, 6.45) is 0.00828. The molecular weight excluding hydrogens is 481 g/mol. The number of halogens is 3. The second kappa shape index (κ2) is 9.14. The van der Waals surface area contributed by atoms with Gasteiger partial charge in [0, 0.05) is 28.5 Å². The van der Waals surface area contributed by atoms with Crippen molar-refractivity contribution in [1.29, 1.82) is 0 Å². The average Bonchev–Trinajstić information content (AvgIpc) is 3.38. The molecule has 0 spiro atoms. The van der Waals surface area contributed by atoms with Crippen LogP contribution in [0.4, 0.5) is 10.8 Å². The molecule has 2 heterocycles. The first kappa shape index (κ1) is 22.0. The van der Waals surface area contributed by atoms with E-state index in [1.807, 2.05) is 0 Å². The van der Waals surface area contributed by atoms with Gasteiger partial charge in [0.15, 0.2) is 5.13 Å². The molecule has 1 atom stereocenters. The number of aliphatic hydroxyl groups is 1. The summed E-state index contributed by atoms with van der Waals surface area (Å²) in [6, 6.07) is 11.3. The Kier molecular flexibility index (Phi) is 6.50. The molecule has 1 N–H and O–H groups in total. The highest BCUT2D eigenvalue weighted by atomic mass is 35.5. The number of aromatic nitrogens is 1. The fourth-order valence-electron chi connectivity index (χ4n) is 3.24. The van der Waals surface area contributed by atoms with Gasteiger partial charge < -0.3 is 10.0 Å². The zero-order chi connectivity index (χ0) is 22.1. The van der Waals surface area contributed by atoms with Gasteiger partial charge in [0.1, 0.15) is 5.69 Å². The van der Waals surface area contributed by atoms with Gasteiger partial charge in [0.05, 0.1) is 22.4 Å². The lowest BCUT2D eigenvalue weighted by Crippen LogP contribution is -2.30. The van der Waals surface area contributed by atoms with Gasteiger partial charge in [-0.1, -0.05) is 34.8 Å². The minimum atomic E-state index is -0.527.